The van der Waals surface area contributed by atoms with E-state index < -0.39 is 11.6 Å². The summed E-state index contributed by atoms with van der Waals surface area (Å²) in [5, 5.41) is 0.894. The third kappa shape index (κ3) is 0.210. The Balaban J connectivity index is 2.94. The predicted molar refractivity (Wildman–Crippen MR) is 24.0 cm³/mol. The van der Waals surface area contributed by atoms with Gasteiger partial charge in [-0.1, -0.05) is 12.1 Å². The van der Waals surface area contributed by atoms with E-state index in [4.69, 9.17) is 0 Å². The van der Waals surface area contributed by atoms with Crippen LogP contribution in [0, 0.1) is 22.1 Å². The van der Waals surface area contributed by atoms with Gasteiger partial charge >= 0.3 is 0 Å². The van der Waals surface area contributed by atoms with Crippen molar-refractivity contribution >= 4 is 0 Å². The van der Waals surface area contributed by atoms with Crippen LogP contribution in [0.3, 0.4) is 0 Å². The van der Waals surface area contributed by atoms with Gasteiger partial charge in [0, 0.05) is 10.4 Å². The van der Waals surface area contributed by atoms with E-state index in [-0.39, 0.29) is 0 Å². The van der Waals surface area contributed by atoms with Crippen LogP contribution >= 0.6 is 0 Å². The van der Waals surface area contributed by atoms with E-state index in [2.05, 4.69) is 0 Å². The van der Waals surface area contributed by atoms with E-state index in [1.165, 1.54) is 0 Å². The molecular weight excluding hydrogens is 110 g/mol. The summed E-state index contributed by atoms with van der Waals surface area (Å²) in [6, 6.07) is 3.13. The molecule has 0 heterocycles. The van der Waals surface area contributed by atoms with Crippen LogP contribution in [-0.4, -0.2) is 0 Å². The number of hydrogen-bond acceptors (Lipinski definition) is 0. The van der Waals surface area contributed by atoms with Crippen molar-refractivity contribution in [1.29, 1.82) is 0 Å². The number of benzene rings is 1. The van der Waals surface area contributed by atoms with E-state index >= 15 is 0 Å². The Kier molecular flexibility index (Phi) is 0.460. The first-order chi connectivity index (χ1) is 3.80. The molecule has 0 bridgehead atoms. The molecule has 0 unspecified atom stereocenters. The Morgan fingerprint density at radius 2 is 1.25 bits per heavy atom. The van der Waals surface area contributed by atoms with Crippen molar-refractivity contribution in [3.63, 3.8) is 0 Å². The van der Waals surface area contributed by atoms with E-state index in [1.807, 2.05) is 0 Å². The molecule has 8 heavy (non-hydrogen) atoms. The summed E-state index contributed by atoms with van der Waals surface area (Å²) in [6.45, 7) is 0. The van der Waals surface area contributed by atoms with Crippen LogP contribution in [-0.2, 0) is 0 Å². The van der Waals surface area contributed by atoms with Gasteiger partial charge in [0.25, 0.3) is 0 Å². The molecule has 2 heteroatoms. The van der Waals surface area contributed by atoms with Crippen LogP contribution in [0.2, 0.25) is 0 Å². The summed E-state index contributed by atoms with van der Waals surface area (Å²) in [7, 11) is 0. The maximum absolute atomic E-state index is 12.0. The lowest BCUT2D eigenvalue weighted by Crippen LogP contribution is -1.99. The van der Waals surface area contributed by atoms with Crippen LogP contribution < -0.4 is 0 Å². The Hall–Kier alpha value is -0.920. The molecule has 2 rings (SSSR count). The highest BCUT2D eigenvalue weighted by Gasteiger charge is 2.14. The van der Waals surface area contributed by atoms with Crippen molar-refractivity contribution in [3.05, 3.63) is 34.2 Å². The molecule has 2 aliphatic rings. The van der Waals surface area contributed by atoms with Crippen molar-refractivity contribution in [1.82, 2.24) is 0 Å². The van der Waals surface area contributed by atoms with Crippen molar-refractivity contribution in [3.8, 4) is 0 Å². The molecule has 0 amide bonds. The average molecular weight is 112 g/mol. The second kappa shape index (κ2) is 0.917. The van der Waals surface area contributed by atoms with Gasteiger partial charge in [0.1, 0.15) is 0 Å². The quantitative estimate of drug-likeness (QED) is 0.485. The fraction of sp³-hybridized carbons (Fsp3) is 0. The molecule has 0 aromatic carbocycles. The molecule has 0 spiro atoms. The molecule has 0 fully saturated rings. The lowest BCUT2D eigenvalue weighted by Gasteiger charge is -2.04. The van der Waals surface area contributed by atoms with E-state index in [0.29, 0.717) is 10.4 Å². The van der Waals surface area contributed by atoms with Gasteiger partial charge in [-0.05, 0) is 0 Å². The minimum atomic E-state index is -0.678. The maximum Gasteiger partial charge on any atom is 0.167 e. The van der Waals surface area contributed by atoms with Gasteiger partial charge in [0.2, 0.25) is 0 Å². The maximum atomic E-state index is 12.0. The predicted octanol–water partition coefficient (Wildman–Crippen LogP) is 1.57. The molecule has 40 valence electrons. The third-order valence-corrected chi connectivity index (χ3v) is 1.37. The van der Waals surface area contributed by atoms with Crippen LogP contribution in [0.4, 0.5) is 8.78 Å². The lowest BCUT2D eigenvalue weighted by molar-refractivity contribution is 0.476. The highest BCUT2D eigenvalue weighted by molar-refractivity contribution is 5.27. The van der Waals surface area contributed by atoms with E-state index in [0.717, 1.165) is 0 Å². The second-order valence-corrected chi connectivity index (χ2v) is 1.79. The van der Waals surface area contributed by atoms with Gasteiger partial charge in [-0.15, -0.1) is 0 Å². The van der Waals surface area contributed by atoms with Crippen molar-refractivity contribution in [2.45, 2.75) is 0 Å². The van der Waals surface area contributed by atoms with Crippen molar-refractivity contribution < 1.29 is 8.78 Å². The van der Waals surface area contributed by atoms with E-state index in [1.54, 1.807) is 12.1 Å². The van der Waals surface area contributed by atoms with Crippen molar-refractivity contribution in [2.24, 2.45) is 0 Å². The molecule has 0 atom stereocenters. The zero-order chi connectivity index (χ0) is 5.72. The van der Waals surface area contributed by atoms with E-state index in [9.17, 15) is 8.78 Å². The van der Waals surface area contributed by atoms with Crippen LogP contribution in [0.5, 0.6) is 0 Å². The minimum Gasteiger partial charge on any atom is -0.203 e. The first-order valence-corrected chi connectivity index (χ1v) is 2.29. The molecule has 0 nitrogen and oxygen atoms in total. The first kappa shape index (κ1) is 4.01. The lowest BCUT2D eigenvalue weighted by atomic mass is 10.1. The Bertz CT molecular complexity index is 294. The van der Waals surface area contributed by atoms with Gasteiger partial charge in [0.05, 0.1) is 0 Å². The average Bonchev–Trinajstić information content (AvgIpc) is 1.64. The Morgan fingerprint density at radius 3 is 1.38 bits per heavy atom. The monoisotopic (exact) mass is 112 g/mol. The smallest absolute Gasteiger partial charge is 0.167 e. The van der Waals surface area contributed by atoms with Gasteiger partial charge in [-0.2, -0.15) is 0 Å². The van der Waals surface area contributed by atoms with Gasteiger partial charge in [-0.3, -0.25) is 0 Å². The molecular formula is C6H2F2. The Morgan fingerprint density at radius 1 is 0.875 bits per heavy atom. The van der Waals surface area contributed by atoms with Crippen LogP contribution in [0.15, 0.2) is 12.1 Å². The zero-order valence-corrected chi connectivity index (χ0v) is 3.91. The number of rotatable bonds is 0. The zero-order valence-electron chi connectivity index (χ0n) is 3.91. The minimum absolute atomic E-state index is 0.447. The third-order valence-electron chi connectivity index (χ3n) is 1.37. The normalized spacial score (nSPS) is 11.8. The highest BCUT2D eigenvalue weighted by Crippen LogP contribution is 2.18. The summed E-state index contributed by atoms with van der Waals surface area (Å²) in [4.78, 5) is 0. The summed E-state index contributed by atoms with van der Waals surface area (Å²) >= 11 is 0. The summed E-state index contributed by atoms with van der Waals surface area (Å²) in [6.07, 6.45) is 0. The van der Waals surface area contributed by atoms with Gasteiger partial charge in [-0.25, -0.2) is 8.78 Å². The summed E-state index contributed by atoms with van der Waals surface area (Å²) in [5.41, 5.74) is 0. The molecule has 0 N–H and O–H groups in total. The molecule has 0 aromatic rings. The molecule has 2 aliphatic carbocycles. The number of halogens is 2. The molecule has 0 radical (unpaired) electrons. The number of hydrogen-bond donors (Lipinski definition) is 0. The van der Waals surface area contributed by atoms with Gasteiger partial charge in [0.15, 0.2) is 11.6 Å². The fourth-order valence-corrected chi connectivity index (χ4v) is 0.807. The molecule has 0 aliphatic heterocycles. The summed E-state index contributed by atoms with van der Waals surface area (Å²) < 4.78 is 24.0. The van der Waals surface area contributed by atoms with Gasteiger partial charge < -0.3 is 0 Å². The Labute approximate surface area is 44.1 Å². The molecule has 0 saturated heterocycles. The molecule has 0 aromatic heterocycles. The fourth-order valence-electron chi connectivity index (χ4n) is 0.807. The molecule has 0 saturated carbocycles. The highest BCUT2D eigenvalue weighted by atomic mass is 19.2. The standard InChI is InChI=1S/C6H2F2/c7-5-3-1-2-4(3)6(5)8/h1-2H. The topological polar surface area (TPSA) is 0 Å². The SMILES string of the molecule is Fc1c(F)c2ccc1=2. The van der Waals surface area contributed by atoms with Crippen LogP contribution in [0.1, 0.15) is 0 Å². The summed E-state index contributed by atoms with van der Waals surface area (Å²) in [5.74, 6) is -1.36. The van der Waals surface area contributed by atoms with Crippen LogP contribution in [0.25, 0.3) is 0 Å². The second-order valence-electron chi connectivity index (χ2n) is 1.79. The largest absolute Gasteiger partial charge is 0.203 e. The van der Waals surface area contributed by atoms with Crippen molar-refractivity contribution in [2.75, 3.05) is 0 Å². The first-order valence-electron chi connectivity index (χ1n) is 2.29.